The van der Waals surface area contributed by atoms with Gasteiger partial charge in [0.1, 0.15) is 0 Å². The van der Waals surface area contributed by atoms with Crippen LogP contribution in [0.25, 0.3) is 0 Å². The highest BCUT2D eigenvalue weighted by molar-refractivity contribution is 14.0. The summed E-state index contributed by atoms with van der Waals surface area (Å²) in [5.41, 5.74) is -0.601. The van der Waals surface area contributed by atoms with E-state index in [0.29, 0.717) is 12.6 Å². The zero-order chi connectivity index (χ0) is 16.5. The number of piperidine rings is 1. The van der Waals surface area contributed by atoms with Crippen molar-refractivity contribution in [2.24, 2.45) is 4.99 Å². The Bertz CT molecular complexity index is 370. The first kappa shape index (κ1) is 22.3. The molecular formula is C17H35IN4OS. The average molecular weight is 470 g/mol. The molecule has 1 atom stereocenters. The zero-order valence-electron chi connectivity index (χ0n) is 15.2. The van der Waals surface area contributed by atoms with Gasteiger partial charge in [0.15, 0.2) is 5.96 Å². The summed E-state index contributed by atoms with van der Waals surface area (Å²) < 4.78 is 0. The van der Waals surface area contributed by atoms with Crippen LogP contribution in [0.15, 0.2) is 4.99 Å². The molecular weight excluding hydrogens is 435 g/mol. The predicted octanol–water partition coefficient (Wildman–Crippen LogP) is 2.29. The molecule has 0 aromatic carbocycles. The van der Waals surface area contributed by atoms with Gasteiger partial charge in [-0.05, 0) is 44.9 Å². The van der Waals surface area contributed by atoms with Crippen LogP contribution in [0.1, 0.15) is 46.0 Å². The molecule has 0 saturated carbocycles. The first-order valence-electron chi connectivity index (χ1n) is 9.22. The normalized spacial score (nSPS) is 26.2. The fourth-order valence-electron chi connectivity index (χ4n) is 3.14. The number of aliphatic hydroxyl groups is 1. The lowest BCUT2D eigenvalue weighted by Gasteiger charge is -2.33. The van der Waals surface area contributed by atoms with Gasteiger partial charge in [0.05, 0.1) is 12.1 Å². The molecule has 0 radical (unpaired) electrons. The van der Waals surface area contributed by atoms with Crippen LogP contribution in [0.5, 0.6) is 0 Å². The summed E-state index contributed by atoms with van der Waals surface area (Å²) in [6.45, 7) is 9.30. The molecule has 2 heterocycles. The summed E-state index contributed by atoms with van der Waals surface area (Å²) >= 11 is 1.82. The monoisotopic (exact) mass is 470 g/mol. The van der Waals surface area contributed by atoms with Gasteiger partial charge >= 0.3 is 0 Å². The highest BCUT2D eigenvalue weighted by Crippen LogP contribution is 2.27. The van der Waals surface area contributed by atoms with Crippen LogP contribution in [0, 0.1) is 0 Å². The number of nitrogens with zero attached hydrogens (tertiary/aromatic N) is 2. The molecule has 0 amide bonds. The van der Waals surface area contributed by atoms with Gasteiger partial charge in [0.25, 0.3) is 0 Å². The number of thioether (sulfide) groups is 1. The maximum Gasteiger partial charge on any atom is 0.191 e. The topological polar surface area (TPSA) is 59.9 Å². The molecule has 2 fully saturated rings. The first-order valence-corrected chi connectivity index (χ1v) is 10.4. The van der Waals surface area contributed by atoms with Crippen molar-refractivity contribution in [1.29, 1.82) is 0 Å². The highest BCUT2D eigenvalue weighted by Gasteiger charge is 2.31. The van der Waals surface area contributed by atoms with Gasteiger partial charge in [0.2, 0.25) is 0 Å². The van der Waals surface area contributed by atoms with Crippen molar-refractivity contribution in [3.8, 4) is 0 Å². The van der Waals surface area contributed by atoms with E-state index < -0.39 is 5.60 Å². The molecule has 1 unspecified atom stereocenters. The fraction of sp³-hybridized carbons (Fsp3) is 0.941. The second kappa shape index (κ2) is 11.8. The number of hydrogen-bond acceptors (Lipinski definition) is 4. The van der Waals surface area contributed by atoms with Crippen molar-refractivity contribution in [2.45, 2.75) is 57.6 Å². The van der Waals surface area contributed by atoms with E-state index in [-0.39, 0.29) is 24.0 Å². The molecule has 0 aromatic rings. The van der Waals surface area contributed by atoms with E-state index in [1.165, 1.54) is 45.3 Å². The number of likely N-dealkylation sites (tertiary alicyclic amines) is 1. The maximum atomic E-state index is 10.4. The molecule has 7 heteroatoms. The Balaban J connectivity index is 0.00000288. The minimum atomic E-state index is -0.601. The molecule has 0 spiro atoms. The van der Waals surface area contributed by atoms with Crippen molar-refractivity contribution < 1.29 is 5.11 Å². The van der Waals surface area contributed by atoms with Gasteiger partial charge in [-0.2, -0.15) is 11.8 Å². The van der Waals surface area contributed by atoms with Crippen molar-refractivity contribution in [2.75, 3.05) is 44.2 Å². The van der Waals surface area contributed by atoms with Gasteiger partial charge < -0.3 is 20.6 Å². The van der Waals surface area contributed by atoms with Gasteiger partial charge in [-0.1, -0.05) is 13.3 Å². The largest absolute Gasteiger partial charge is 0.387 e. The van der Waals surface area contributed by atoms with Crippen molar-refractivity contribution in [3.63, 3.8) is 0 Å². The van der Waals surface area contributed by atoms with Crippen molar-refractivity contribution >= 4 is 41.7 Å². The lowest BCUT2D eigenvalue weighted by atomic mass is 10.0. The lowest BCUT2D eigenvalue weighted by molar-refractivity contribution is 0.0778. The van der Waals surface area contributed by atoms with Gasteiger partial charge in [-0.25, -0.2) is 0 Å². The minimum Gasteiger partial charge on any atom is -0.387 e. The van der Waals surface area contributed by atoms with E-state index >= 15 is 0 Å². The number of unbranched alkanes of at least 4 members (excludes halogenated alkanes) is 1. The van der Waals surface area contributed by atoms with Gasteiger partial charge in [0, 0.05) is 31.4 Å². The summed E-state index contributed by atoms with van der Waals surface area (Å²) in [4.78, 5) is 7.22. The third kappa shape index (κ3) is 7.66. The van der Waals surface area contributed by atoms with E-state index in [2.05, 4.69) is 34.4 Å². The second-order valence-electron chi connectivity index (χ2n) is 6.84. The maximum absolute atomic E-state index is 10.4. The SMILES string of the molecule is CCCCN1CCC(NC(=NCC2(O)CCSC2)NCC)CC1.I. The van der Waals surface area contributed by atoms with Crippen LogP contribution in [0.4, 0.5) is 0 Å². The number of halogens is 1. The predicted molar refractivity (Wildman–Crippen MR) is 116 cm³/mol. The smallest absolute Gasteiger partial charge is 0.191 e. The Morgan fingerprint density at radius 3 is 2.67 bits per heavy atom. The van der Waals surface area contributed by atoms with Gasteiger partial charge in [-0.15, -0.1) is 24.0 Å². The molecule has 3 N–H and O–H groups in total. The highest BCUT2D eigenvalue weighted by atomic mass is 127. The molecule has 2 aliphatic rings. The zero-order valence-corrected chi connectivity index (χ0v) is 18.4. The van der Waals surface area contributed by atoms with E-state index in [0.717, 1.165) is 30.4 Å². The minimum absolute atomic E-state index is 0. The van der Waals surface area contributed by atoms with Crippen molar-refractivity contribution in [3.05, 3.63) is 0 Å². The standard InChI is InChI=1S/C17H34N4OS.HI/c1-3-5-9-21-10-6-15(7-11-21)20-16(18-4-2)19-13-17(22)8-12-23-14-17;/h15,22H,3-14H2,1-2H3,(H2,18,19,20);1H. The summed E-state index contributed by atoms with van der Waals surface area (Å²) in [5.74, 6) is 2.72. The average Bonchev–Trinajstić information content (AvgIpc) is 2.99. The quantitative estimate of drug-likeness (QED) is 0.303. The third-order valence-corrected chi connectivity index (χ3v) is 5.95. The van der Waals surface area contributed by atoms with Crippen LogP contribution in [0.3, 0.4) is 0 Å². The Kier molecular flexibility index (Phi) is 11.0. The first-order chi connectivity index (χ1) is 11.1. The molecule has 142 valence electrons. The number of hydrogen-bond donors (Lipinski definition) is 3. The Morgan fingerprint density at radius 1 is 1.33 bits per heavy atom. The third-order valence-electron chi connectivity index (χ3n) is 4.71. The number of guanidine groups is 1. The summed E-state index contributed by atoms with van der Waals surface area (Å²) in [5, 5.41) is 17.3. The van der Waals surface area contributed by atoms with Crippen LogP contribution >= 0.6 is 35.7 Å². The second-order valence-corrected chi connectivity index (χ2v) is 7.94. The lowest BCUT2D eigenvalue weighted by Crippen LogP contribution is -2.49. The van der Waals surface area contributed by atoms with E-state index in [4.69, 9.17) is 0 Å². The number of aliphatic imine (C=N–C) groups is 1. The summed E-state index contributed by atoms with van der Waals surface area (Å²) in [6, 6.07) is 0.498. The van der Waals surface area contributed by atoms with Crippen LogP contribution in [0.2, 0.25) is 0 Å². The molecule has 0 aliphatic carbocycles. The van der Waals surface area contributed by atoms with Crippen LogP contribution in [-0.2, 0) is 0 Å². The molecule has 0 aromatic heterocycles. The van der Waals surface area contributed by atoms with E-state index in [1.807, 2.05) is 11.8 Å². The van der Waals surface area contributed by atoms with Crippen LogP contribution in [-0.4, -0.2) is 71.8 Å². The summed E-state index contributed by atoms with van der Waals surface area (Å²) in [6.07, 6.45) is 5.79. The Labute approximate surface area is 168 Å². The van der Waals surface area contributed by atoms with Gasteiger partial charge in [-0.3, -0.25) is 4.99 Å². The summed E-state index contributed by atoms with van der Waals surface area (Å²) in [7, 11) is 0. The van der Waals surface area contributed by atoms with Crippen molar-refractivity contribution in [1.82, 2.24) is 15.5 Å². The van der Waals surface area contributed by atoms with Crippen LogP contribution < -0.4 is 10.6 Å². The molecule has 2 saturated heterocycles. The molecule has 5 nitrogen and oxygen atoms in total. The molecule has 2 aliphatic heterocycles. The van der Waals surface area contributed by atoms with E-state index in [1.54, 1.807) is 0 Å². The molecule has 24 heavy (non-hydrogen) atoms. The fourth-order valence-corrected chi connectivity index (χ4v) is 4.43. The molecule has 2 rings (SSSR count). The number of rotatable bonds is 7. The Morgan fingerprint density at radius 2 is 2.08 bits per heavy atom. The number of nitrogens with one attached hydrogen (secondary N) is 2. The molecule has 0 bridgehead atoms. The van der Waals surface area contributed by atoms with E-state index in [9.17, 15) is 5.11 Å². The Hall–Kier alpha value is 0.270.